The fourth-order valence-electron chi connectivity index (χ4n) is 5.30. The summed E-state index contributed by atoms with van der Waals surface area (Å²) < 4.78 is 0. The molecule has 2 amide bonds. The second-order valence-electron chi connectivity index (χ2n) is 8.72. The molecule has 3 fully saturated rings. The second kappa shape index (κ2) is 7.65. The van der Waals surface area contributed by atoms with Crippen LogP contribution in [0.1, 0.15) is 66.2 Å². The van der Waals surface area contributed by atoms with E-state index in [1.165, 1.54) is 12.8 Å². The van der Waals surface area contributed by atoms with Crippen LogP contribution in [0.3, 0.4) is 0 Å². The molecule has 25 heavy (non-hydrogen) atoms. The van der Waals surface area contributed by atoms with Crippen molar-refractivity contribution in [1.29, 1.82) is 0 Å². The molecule has 0 spiro atoms. The minimum absolute atomic E-state index is 0.105. The first-order chi connectivity index (χ1) is 11.9. The summed E-state index contributed by atoms with van der Waals surface area (Å²) in [6, 6.07) is 1.11. The summed E-state index contributed by atoms with van der Waals surface area (Å²) in [5.74, 6) is 1.21. The molecule has 142 valence electrons. The maximum absolute atomic E-state index is 13.3. The number of carbonyl (C=O) groups excluding carboxylic acids is 2. The molecule has 3 rings (SSSR count). The summed E-state index contributed by atoms with van der Waals surface area (Å²) in [6.07, 6.45) is 6.50. The van der Waals surface area contributed by atoms with E-state index in [0.29, 0.717) is 24.4 Å². The summed E-state index contributed by atoms with van der Waals surface area (Å²) >= 11 is 0. The Hall–Kier alpha value is -1.10. The van der Waals surface area contributed by atoms with Gasteiger partial charge in [-0.3, -0.25) is 9.59 Å². The number of carbonyl (C=O) groups is 2. The number of hydrogen-bond acceptors (Lipinski definition) is 3. The average Bonchev–Trinajstić information content (AvgIpc) is 2.60. The van der Waals surface area contributed by atoms with E-state index in [2.05, 4.69) is 35.9 Å². The topological polar surface area (TPSA) is 52.7 Å². The zero-order valence-corrected chi connectivity index (χ0v) is 16.3. The second-order valence-corrected chi connectivity index (χ2v) is 8.72. The van der Waals surface area contributed by atoms with Crippen molar-refractivity contribution in [1.82, 2.24) is 15.1 Å². The molecular weight excluding hydrogens is 314 g/mol. The fourth-order valence-corrected chi connectivity index (χ4v) is 5.30. The minimum atomic E-state index is 0.105. The molecule has 0 aromatic heterocycles. The van der Waals surface area contributed by atoms with Crippen LogP contribution in [0.2, 0.25) is 0 Å². The molecular formula is C20H35N3O2. The third-order valence-electron chi connectivity index (χ3n) is 6.64. The molecule has 0 aromatic carbocycles. The highest BCUT2D eigenvalue weighted by atomic mass is 16.2. The molecule has 1 saturated carbocycles. The SMILES string of the molecule is CC(=O)N1C2CCCCC2N(C(=O)C2CCC(C(C)C)NC2)C[C@@H]1C. The van der Waals surface area contributed by atoms with Gasteiger partial charge in [-0.05, 0) is 38.5 Å². The molecule has 2 aliphatic heterocycles. The van der Waals surface area contributed by atoms with E-state index in [9.17, 15) is 9.59 Å². The van der Waals surface area contributed by atoms with Gasteiger partial charge in [0.15, 0.2) is 0 Å². The molecule has 5 atom stereocenters. The van der Waals surface area contributed by atoms with Crippen LogP contribution < -0.4 is 5.32 Å². The van der Waals surface area contributed by atoms with E-state index in [-0.39, 0.29) is 30.0 Å². The van der Waals surface area contributed by atoms with Gasteiger partial charge in [0.25, 0.3) is 0 Å². The number of hydrogen-bond donors (Lipinski definition) is 1. The Morgan fingerprint density at radius 3 is 2.28 bits per heavy atom. The number of nitrogens with zero attached hydrogens (tertiary/aromatic N) is 2. The molecule has 5 nitrogen and oxygen atoms in total. The number of piperazine rings is 1. The zero-order chi connectivity index (χ0) is 18.1. The molecule has 0 radical (unpaired) electrons. The maximum atomic E-state index is 13.3. The Kier molecular flexibility index (Phi) is 5.71. The number of piperidine rings is 1. The highest BCUT2D eigenvalue weighted by molar-refractivity contribution is 5.81. The standard InChI is InChI=1S/C20H35N3O2/c1-13(2)17-10-9-16(11-21-17)20(25)22-12-14(3)23(15(4)24)19-8-6-5-7-18(19)22/h13-14,16-19,21H,5-12H2,1-4H3/t14-,16?,17?,18?,19?/m0/s1. The van der Waals surface area contributed by atoms with Gasteiger partial charge in [0.2, 0.25) is 11.8 Å². The van der Waals surface area contributed by atoms with Crippen molar-refractivity contribution < 1.29 is 9.59 Å². The van der Waals surface area contributed by atoms with E-state index in [1.54, 1.807) is 6.92 Å². The van der Waals surface area contributed by atoms with Gasteiger partial charge in [0.1, 0.15) is 0 Å². The predicted molar refractivity (Wildman–Crippen MR) is 99.1 cm³/mol. The van der Waals surface area contributed by atoms with Crippen molar-refractivity contribution in [2.45, 2.75) is 90.4 Å². The first kappa shape index (κ1) is 18.7. The summed E-state index contributed by atoms with van der Waals surface area (Å²) in [7, 11) is 0. The van der Waals surface area contributed by atoms with Crippen molar-refractivity contribution >= 4 is 11.8 Å². The lowest BCUT2D eigenvalue weighted by Gasteiger charge is -2.53. The minimum Gasteiger partial charge on any atom is -0.335 e. The summed E-state index contributed by atoms with van der Waals surface area (Å²) in [5.41, 5.74) is 0. The summed E-state index contributed by atoms with van der Waals surface area (Å²) in [4.78, 5) is 29.6. The van der Waals surface area contributed by atoms with Crippen LogP contribution in [-0.4, -0.2) is 58.9 Å². The van der Waals surface area contributed by atoms with E-state index >= 15 is 0 Å². The lowest BCUT2D eigenvalue weighted by molar-refractivity contribution is -0.156. The highest BCUT2D eigenvalue weighted by Gasteiger charge is 2.45. The number of fused-ring (bicyclic) bond motifs is 1. The van der Waals surface area contributed by atoms with E-state index in [1.807, 2.05) is 0 Å². The van der Waals surface area contributed by atoms with Crippen molar-refractivity contribution in [3.8, 4) is 0 Å². The monoisotopic (exact) mass is 349 g/mol. The van der Waals surface area contributed by atoms with Crippen LogP contribution in [0.5, 0.6) is 0 Å². The van der Waals surface area contributed by atoms with Gasteiger partial charge in [0, 0.05) is 32.1 Å². The van der Waals surface area contributed by atoms with Gasteiger partial charge < -0.3 is 15.1 Å². The number of rotatable bonds is 2. The van der Waals surface area contributed by atoms with Gasteiger partial charge in [0.05, 0.1) is 18.0 Å². The molecule has 5 heteroatoms. The number of nitrogens with one attached hydrogen (secondary N) is 1. The Labute approximate surface area is 152 Å². The predicted octanol–water partition coefficient (Wildman–Crippen LogP) is 2.40. The van der Waals surface area contributed by atoms with Crippen LogP contribution in [0.4, 0.5) is 0 Å². The molecule has 0 bridgehead atoms. The molecule has 0 aromatic rings. The molecule has 2 saturated heterocycles. The van der Waals surface area contributed by atoms with Crippen LogP contribution in [0, 0.1) is 11.8 Å². The molecule has 4 unspecified atom stereocenters. The van der Waals surface area contributed by atoms with Gasteiger partial charge in [-0.2, -0.15) is 0 Å². The Bertz CT molecular complexity index is 499. The van der Waals surface area contributed by atoms with Crippen molar-refractivity contribution in [3.05, 3.63) is 0 Å². The average molecular weight is 350 g/mol. The van der Waals surface area contributed by atoms with Crippen LogP contribution in [0.15, 0.2) is 0 Å². The molecule has 3 aliphatic rings. The Balaban J connectivity index is 1.71. The van der Waals surface area contributed by atoms with Crippen molar-refractivity contribution in [3.63, 3.8) is 0 Å². The normalized spacial score (nSPS) is 36.3. The van der Waals surface area contributed by atoms with Crippen molar-refractivity contribution in [2.24, 2.45) is 11.8 Å². The molecule has 1 aliphatic carbocycles. The van der Waals surface area contributed by atoms with Gasteiger partial charge in [-0.15, -0.1) is 0 Å². The highest BCUT2D eigenvalue weighted by Crippen LogP contribution is 2.34. The van der Waals surface area contributed by atoms with Crippen molar-refractivity contribution in [2.75, 3.05) is 13.1 Å². The summed E-state index contributed by atoms with van der Waals surface area (Å²) in [6.45, 7) is 9.77. The first-order valence-corrected chi connectivity index (χ1v) is 10.2. The zero-order valence-electron chi connectivity index (χ0n) is 16.3. The molecule has 2 heterocycles. The quantitative estimate of drug-likeness (QED) is 0.833. The van der Waals surface area contributed by atoms with E-state index in [4.69, 9.17) is 0 Å². The van der Waals surface area contributed by atoms with Gasteiger partial charge in [-0.25, -0.2) is 0 Å². The fraction of sp³-hybridized carbons (Fsp3) is 0.900. The van der Waals surface area contributed by atoms with Gasteiger partial charge in [-0.1, -0.05) is 26.7 Å². The van der Waals surface area contributed by atoms with Crippen LogP contribution in [0.25, 0.3) is 0 Å². The third kappa shape index (κ3) is 3.71. The lowest BCUT2D eigenvalue weighted by Crippen LogP contribution is -2.67. The van der Waals surface area contributed by atoms with E-state index < -0.39 is 0 Å². The van der Waals surface area contributed by atoms with E-state index in [0.717, 1.165) is 32.2 Å². The summed E-state index contributed by atoms with van der Waals surface area (Å²) in [5, 5.41) is 3.59. The smallest absolute Gasteiger partial charge is 0.227 e. The van der Waals surface area contributed by atoms with Crippen LogP contribution in [-0.2, 0) is 9.59 Å². The molecule has 1 N–H and O–H groups in total. The third-order valence-corrected chi connectivity index (χ3v) is 6.64. The Morgan fingerprint density at radius 2 is 1.72 bits per heavy atom. The lowest BCUT2D eigenvalue weighted by atomic mass is 9.82. The van der Waals surface area contributed by atoms with Crippen LogP contribution >= 0.6 is 0 Å². The first-order valence-electron chi connectivity index (χ1n) is 10.2. The van der Waals surface area contributed by atoms with Gasteiger partial charge >= 0.3 is 0 Å². The maximum Gasteiger partial charge on any atom is 0.227 e. The number of amides is 2. The largest absolute Gasteiger partial charge is 0.335 e. The Morgan fingerprint density at radius 1 is 1.04 bits per heavy atom.